The average molecular weight is 286 g/mol. The third kappa shape index (κ3) is 5.75. The Morgan fingerprint density at radius 2 is 2.42 bits per heavy atom. The molecule has 19 heavy (non-hydrogen) atoms. The van der Waals surface area contributed by atoms with Crippen molar-refractivity contribution in [2.45, 2.75) is 23.8 Å². The number of aromatic nitrogens is 2. The molecule has 1 heterocycles. The maximum absolute atomic E-state index is 11.8. The van der Waals surface area contributed by atoms with Crippen molar-refractivity contribution in [2.75, 3.05) is 26.0 Å². The Hall–Kier alpha value is -1.54. The highest BCUT2D eigenvalue weighted by molar-refractivity contribution is 8.00. The number of thioether (sulfide) groups is 1. The lowest BCUT2D eigenvalue weighted by Crippen LogP contribution is -2.32. The second kappa shape index (κ2) is 7.80. The van der Waals surface area contributed by atoms with E-state index in [1.807, 2.05) is 0 Å². The van der Waals surface area contributed by atoms with Crippen LogP contribution in [0.4, 0.5) is 5.82 Å². The zero-order valence-electron chi connectivity index (χ0n) is 10.9. The zero-order valence-corrected chi connectivity index (χ0v) is 11.8. The number of anilines is 1. The molecule has 0 saturated heterocycles. The first-order valence-corrected chi connectivity index (χ1v) is 6.71. The Morgan fingerprint density at radius 3 is 3.05 bits per heavy atom. The molecule has 0 aliphatic carbocycles. The van der Waals surface area contributed by atoms with Gasteiger partial charge in [0, 0.05) is 26.3 Å². The predicted octanol–water partition coefficient (Wildman–Crippen LogP) is -0.0146. The lowest BCUT2D eigenvalue weighted by atomic mass is 10.4. The molecule has 1 unspecified atom stereocenters. The second-order valence-electron chi connectivity index (χ2n) is 3.87. The molecule has 1 amide bonds. The summed E-state index contributed by atoms with van der Waals surface area (Å²) >= 11 is 1.15. The number of rotatable bonds is 7. The largest absolute Gasteiger partial charge is 0.385 e. The number of hydrogen-bond donors (Lipinski definition) is 3. The zero-order chi connectivity index (χ0) is 14.3. The highest BCUT2D eigenvalue weighted by Crippen LogP contribution is 2.18. The van der Waals surface area contributed by atoms with Gasteiger partial charge in [-0.2, -0.15) is 0 Å². The summed E-state index contributed by atoms with van der Waals surface area (Å²) in [4.78, 5) is 29.4. The second-order valence-corrected chi connectivity index (χ2v) is 5.20. The van der Waals surface area contributed by atoms with Crippen LogP contribution in [0, 0.1) is 0 Å². The number of nitrogens with zero attached hydrogens (tertiary/aromatic N) is 1. The van der Waals surface area contributed by atoms with Crippen LogP contribution in [0.3, 0.4) is 0 Å². The van der Waals surface area contributed by atoms with Gasteiger partial charge in [-0.05, 0) is 13.3 Å². The van der Waals surface area contributed by atoms with E-state index in [-0.39, 0.29) is 22.5 Å². The summed E-state index contributed by atoms with van der Waals surface area (Å²) in [5.41, 5.74) is 5.14. The van der Waals surface area contributed by atoms with Gasteiger partial charge in [-0.3, -0.25) is 9.59 Å². The van der Waals surface area contributed by atoms with Crippen molar-refractivity contribution in [3.8, 4) is 0 Å². The number of aromatic amines is 1. The maximum Gasteiger partial charge on any atom is 0.253 e. The quantitative estimate of drug-likeness (QED) is 0.369. The Kier molecular flexibility index (Phi) is 6.37. The van der Waals surface area contributed by atoms with Gasteiger partial charge in [0.05, 0.1) is 5.25 Å². The molecule has 8 heteroatoms. The van der Waals surface area contributed by atoms with Crippen LogP contribution in [0.2, 0.25) is 0 Å². The molecule has 4 N–H and O–H groups in total. The predicted molar refractivity (Wildman–Crippen MR) is 74.1 cm³/mol. The average Bonchev–Trinajstić information content (AvgIpc) is 2.33. The molecule has 0 spiro atoms. The van der Waals surface area contributed by atoms with Crippen LogP contribution < -0.4 is 16.6 Å². The van der Waals surface area contributed by atoms with E-state index >= 15 is 0 Å². The summed E-state index contributed by atoms with van der Waals surface area (Å²) in [6, 6.07) is 1.19. The van der Waals surface area contributed by atoms with Crippen molar-refractivity contribution in [1.82, 2.24) is 15.3 Å². The van der Waals surface area contributed by atoms with Gasteiger partial charge in [0.2, 0.25) is 5.91 Å². The first-order chi connectivity index (χ1) is 9.02. The fourth-order valence-electron chi connectivity index (χ4n) is 1.30. The van der Waals surface area contributed by atoms with Crippen molar-refractivity contribution in [3.05, 3.63) is 16.4 Å². The molecule has 0 fully saturated rings. The molecule has 0 aromatic carbocycles. The van der Waals surface area contributed by atoms with Crippen molar-refractivity contribution >= 4 is 23.5 Å². The molecule has 1 atom stereocenters. The molecule has 0 saturated carbocycles. The molecule has 0 radical (unpaired) electrons. The van der Waals surface area contributed by atoms with Crippen LogP contribution in [0.25, 0.3) is 0 Å². The van der Waals surface area contributed by atoms with Crippen LogP contribution >= 0.6 is 11.8 Å². The van der Waals surface area contributed by atoms with Gasteiger partial charge < -0.3 is 20.8 Å². The van der Waals surface area contributed by atoms with Gasteiger partial charge in [0.1, 0.15) is 5.82 Å². The summed E-state index contributed by atoms with van der Waals surface area (Å²) < 4.78 is 4.89. The fourth-order valence-corrected chi connectivity index (χ4v) is 2.14. The van der Waals surface area contributed by atoms with Crippen LogP contribution in [-0.4, -0.2) is 41.4 Å². The smallest absolute Gasteiger partial charge is 0.253 e. The van der Waals surface area contributed by atoms with Gasteiger partial charge in [-0.15, -0.1) is 0 Å². The van der Waals surface area contributed by atoms with Crippen LogP contribution in [0.15, 0.2) is 16.0 Å². The maximum atomic E-state index is 11.8. The number of nitrogens with one attached hydrogen (secondary N) is 2. The molecule has 0 bridgehead atoms. The molecular formula is C11H18N4O3S. The molecule has 0 aliphatic heterocycles. The number of nitrogen functional groups attached to an aromatic ring is 1. The third-order valence-corrected chi connectivity index (χ3v) is 3.21. The summed E-state index contributed by atoms with van der Waals surface area (Å²) in [7, 11) is 1.61. The Labute approximate surface area is 115 Å². The number of carbonyl (C=O) groups is 1. The lowest BCUT2D eigenvalue weighted by molar-refractivity contribution is -0.120. The first kappa shape index (κ1) is 15.5. The van der Waals surface area contributed by atoms with E-state index in [0.717, 1.165) is 18.2 Å². The minimum absolute atomic E-state index is 0.119. The van der Waals surface area contributed by atoms with Gasteiger partial charge in [-0.25, -0.2) is 4.98 Å². The van der Waals surface area contributed by atoms with Crippen molar-refractivity contribution in [1.29, 1.82) is 0 Å². The number of carbonyl (C=O) groups excluding carboxylic acids is 1. The molecule has 1 aromatic rings. The molecular weight excluding hydrogens is 268 g/mol. The van der Waals surface area contributed by atoms with E-state index < -0.39 is 0 Å². The molecule has 0 aliphatic rings. The minimum atomic E-state index is -0.368. The highest BCUT2D eigenvalue weighted by Gasteiger charge is 2.15. The number of amides is 1. The van der Waals surface area contributed by atoms with Crippen molar-refractivity contribution < 1.29 is 9.53 Å². The fraction of sp³-hybridized carbons (Fsp3) is 0.545. The van der Waals surface area contributed by atoms with Crippen molar-refractivity contribution in [3.63, 3.8) is 0 Å². The van der Waals surface area contributed by atoms with Gasteiger partial charge in [-0.1, -0.05) is 11.8 Å². The topological polar surface area (TPSA) is 110 Å². The van der Waals surface area contributed by atoms with E-state index in [2.05, 4.69) is 15.3 Å². The van der Waals surface area contributed by atoms with E-state index in [1.165, 1.54) is 6.07 Å². The van der Waals surface area contributed by atoms with Gasteiger partial charge in [0.15, 0.2) is 5.16 Å². The monoisotopic (exact) mass is 286 g/mol. The van der Waals surface area contributed by atoms with E-state index in [0.29, 0.717) is 18.3 Å². The summed E-state index contributed by atoms with van der Waals surface area (Å²) in [6.45, 7) is 2.89. The van der Waals surface area contributed by atoms with Crippen LogP contribution in [-0.2, 0) is 9.53 Å². The summed E-state index contributed by atoms with van der Waals surface area (Å²) in [5, 5.41) is 2.75. The lowest BCUT2D eigenvalue weighted by Gasteiger charge is -2.11. The van der Waals surface area contributed by atoms with E-state index in [1.54, 1.807) is 14.0 Å². The Balaban J connectivity index is 2.47. The van der Waals surface area contributed by atoms with E-state index in [4.69, 9.17) is 10.5 Å². The standard InChI is InChI=1S/C11H18N4O3S/c1-7(10(17)13-4-3-5-18-2)19-11-14-8(12)6-9(16)15-11/h6-7H,3-5H2,1-2H3,(H,13,17)(H3,12,14,15,16). The highest BCUT2D eigenvalue weighted by atomic mass is 32.2. The number of nitrogens with two attached hydrogens (primary N) is 1. The number of H-pyrrole nitrogens is 1. The number of ether oxygens (including phenoxy) is 1. The SMILES string of the molecule is COCCCNC(=O)C(C)Sc1nc(N)cc(=O)[nH]1. The molecule has 1 aromatic heterocycles. The summed E-state index contributed by atoms with van der Waals surface area (Å²) in [6.07, 6.45) is 0.757. The van der Waals surface area contributed by atoms with Crippen LogP contribution in [0.1, 0.15) is 13.3 Å². The third-order valence-electron chi connectivity index (χ3n) is 2.22. The molecule has 106 valence electrons. The van der Waals surface area contributed by atoms with Crippen molar-refractivity contribution in [2.24, 2.45) is 0 Å². The molecule has 1 rings (SSSR count). The van der Waals surface area contributed by atoms with E-state index in [9.17, 15) is 9.59 Å². The Bertz CT molecular complexity index is 477. The van der Waals surface area contributed by atoms with Gasteiger partial charge in [0.25, 0.3) is 5.56 Å². The summed E-state index contributed by atoms with van der Waals surface area (Å²) in [5.74, 6) is 0.0186. The molecule has 7 nitrogen and oxygen atoms in total. The Morgan fingerprint density at radius 1 is 1.68 bits per heavy atom. The van der Waals surface area contributed by atoms with Gasteiger partial charge >= 0.3 is 0 Å². The number of methoxy groups -OCH3 is 1. The number of hydrogen-bond acceptors (Lipinski definition) is 6. The normalized spacial score (nSPS) is 12.1. The first-order valence-electron chi connectivity index (χ1n) is 5.83. The van der Waals surface area contributed by atoms with Crippen LogP contribution in [0.5, 0.6) is 0 Å². The minimum Gasteiger partial charge on any atom is -0.385 e.